The average Bonchev–Trinajstić information content (AvgIpc) is 3.69. The Morgan fingerprint density at radius 2 is 1.79 bits per heavy atom. The summed E-state index contributed by atoms with van der Waals surface area (Å²) in [5.74, 6) is 1.50. The molecule has 0 spiro atoms. The van der Waals surface area contributed by atoms with Crippen LogP contribution >= 0.6 is 0 Å². The van der Waals surface area contributed by atoms with E-state index in [2.05, 4.69) is 49.1 Å². The number of anilines is 1. The van der Waals surface area contributed by atoms with Crippen molar-refractivity contribution in [1.82, 2.24) is 9.88 Å². The topological polar surface area (TPSA) is 81.2 Å². The van der Waals surface area contributed by atoms with E-state index >= 15 is 0 Å². The number of amides is 1. The van der Waals surface area contributed by atoms with E-state index in [0.717, 1.165) is 76.6 Å². The van der Waals surface area contributed by atoms with Gasteiger partial charge in [-0.2, -0.15) is 0 Å². The van der Waals surface area contributed by atoms with Gasteiger partial charge in [0.25, 0.3) is 0 Å². The Hall–Kier alpha value is -4.07. The summed E-state index contributed by atoms with van der Waals surface area (Å²) >= 11 is 0. The Kier molecular flexibility index (Phi) is 7.56. The van der Waals surface area contributed by atoms with Crippen LogP contribution in [-0.2, 0) is 20.8 Å². The number of hydrogen-bond acceptors (Lipinski definition) is 7. The highest BCUT2D eigenvalue weighted by atomic mass is 16.6. The lowest BCUT2D eigenvalue weighted by molar-refractivity contribution is -0.144. The van der Waals surface area contributed by atoms with Crippen LogP contribution in [0, 0.1) is 19.8 Å². The van der Waals surface area contributed by atoms with Crippen molar-refractivity contribution >= 4 is 17.9 Å². The number of ether oxygens (including phenoxy) is 3. The van der Waals surface area contributed by atoms with E-state index in [1.54, 1.807) is 12.0 Å². The molecule has 8 heteroatoms. The van der Waals surface area contributed by atoms with E-state index < -0.39 is 0 Å². The van der Waals surface area contributed by atoms with Crippen LogP contribution in [0.15, 0.2) is 48.5 Å². The number of carbonyl (C=O) groups excluding carboxylic acids is 2. The van der Waals surface area contributed by atoms with Gasteiger partial charge in [-0.15, -0.1) is 0 Å². The number of carbonyl (C=O) groups is 2. The SMILES string of the molecule is CCOC(=O)[C@@H]1C[C@H]1c1ccc(OC)c(-c2ccc(N3CCC3)nc2CN2C(=O)O[C@H](c3cc(C)cc(C)c3)[C@@H]2C)c1. The highest BCUT2D eigenvalue weighted by Gasteiger charge is 2.45. The van der Waals surface area contributed by atoms with Crippen LogP contribution in [0.2, 0.25) is 0 Å². The number of methoxy groups -OCH3 is 1. The molecule has 2 aliphatic heterocycles. The second-order valence-corrected chi connectivity index (χ2v) is 11.8. The molecule has 220 valence electrons. The minimum Gasteiger partial charge on any atom is -0.496 e. The number of nitrogens with zero attached hydrogens (tertiary/aromatic N) is 3. The fourth-order valence-electron chi connectivity index (χ4n) is 6.31. The molecule has 1 saturated carbocycles. The van der Waals surface area contributed by atoms with Crippen LogP contribution in [0.4, 0.5) is 10.6 Å². The van der Waals surface area contributed by atoms with Crippen molar-refractivity contribution in [3.05, 3.63) is 76.5 Å². The van der Waals surface area contributed by atoms with E-state index in [1.165, 1.54) is 0 Å². The van der Waals surface area contributed by atoms with Crippen molar-refractivity contribution in [2.75, 3.05) is 31.7 Å². The zero-order valence-electron chi connectivity index (χ0n) is 25.1. The summed E-state index contributed by atoms with van der Waals surface area (Å²) in [6, 6.07) is 16.4. The highest BCUT2D eigenvalue weighted by molar-refractivity contribution is 5.79. The third-order valence-electron chi connectivity index (χ3n) is 8.75. The van der Waals surface area contributed by atoms with Crippen LogP contribution in [0.3, 0.4) is 0 Å². The highest BCUT2D eigenvalue weighted by Crippen LogP contribution is 2.50. The number of esters is 1. The maximum absolute atomic E-state index is 13.3. The molecular formula is C34H39N3O5. The maximum Gasteiger partial charge on any atom is 0.411 e. The minimum absolute atomic E-state index is 0.111. The number of aryl methyl sites for hydroxylation is 2. The smallest absolute Gasteiger partial charge is 0.411 e. The predicted molar refractivity (Wildman–Crippen MR) is 161 cm³/mol. The minimum atomic E-state index is -0.356. The second-order valence-electron chi connectivity index (χ2n) is 11.8. The van der Waals surface area contributed by atoms with Crippen LogP contribution in [-0.4, -0.2) is 54.8 Å². The lowest BCUT2D eigenvalue weighted by atomic mass is 9.96. The second kappa shape index (κ2) is 11.3. The van der Waals surface area contributed by atoms with Gasteiger partial charge in [0.15, 0.2) is 0 Å². The monoisotopic (exact) mass is 569 g/mol. The Bertz CT molecular complexity index is 1500. The van der Waals surface area contributed by atoms with E-state index in [4.69, 9.17) is 19.2 Å². The van der Waals surface area contributed by atoms with Gasteiger partial charge in [0.2, 0.25) is 0 Å². The zero-order valence-corrected chi connectivity index (χ0v) is 25.1. The van der Waals surface area contributed by atoms with Gasteiger partial charge in [-0.1, -0.05) is 35.4 Å². The molecule has 3 aliphatic rings. The summed E-state index contributed by atoms with van der Waals surface area (Å²) in [4.78, 5) is 34.8. The summed E-state index contributed by atoms with van der Waals surface area (Å²) in [6.07, 6.45) is 1.22. The number of pyridine rings is 1. The third-order valence-corrected chi connectivity index (χ3v) is 8.75. The molecule has 3 fully saturated rings. The molecule has 0 bridgehead atoms. The van der Waals surface area contributed by atoms with Crippen molar-refractivity contribution in [2.45, 2.75) is 65.1 Å². The van der Waals surface area contributed by atoms with Crippen LogP contribution in [0.1, 0.15) is 66.7 Å². The normalized spacial score (nSPS) is 22.9. The molecule has 0 N–H and O–H groups in total. The third kappa shape index (κ3) is 5.30. The molecule has 1 amide bonds. The van der Waals surface area contributed by atoms with Gasteiger partial charge in [0.05, 0.1) is 37.9 Å². The van der Waals surface area contributed by atoms with Crippen LogP contribution in [0.5, 0.6) is 5.75 Å². The molecule has 2 aromatic carbocycles. The van der Waals surface area contributed by atoms with Gasteiger partial charge in [-0.25, -0.2) is 9.78 Å². The van der Waals surface area contributed by atoms with Crippen molar-refractivity contribution in [3.63, 3.8) is 0 Å². The van der Waals surface area contributed by atoms with Crippen molar-refractivity contribution < 1.29 is 23.8 Å². The lowest BCUT2D eigenvalue weighted by Gasteiger charge is -2.33. The first-order valence-electron chi connectivity index (χ1n) is 14.9. The Morgan fingerprint density at radius 1 is 1.02 bits per heavy atom. The van der Waals surface area contributed by atoms with Crippen LogP contribution in [0.25, 0.3) is 11.1 Å². The molecule has 0 radical (unpaired) electrons. The first-order valence-corrected chi connectivity index (χ1v) is 14.9. The molecule has 6 rings (SSSR count). The van der Waals surface area contributed by atoms with Crippen molar-refractivity contribution in [2.24, 2.45) is 5.92 Å². The fourth-order valence-corrected chi connectivity index (χ4v) is 6.31. The zero-order chi connectivity index (χ0) is 29.5. The van der Waals surface area contributed by atoms with Crippen LogP contribution < -0.4 is 9.64 Å². The van der Waals surface area contributed by atoms with Gasteiger partial charge in [-0.3, -0.25) is 9.69 Å². The first-order chi connectivity index (χ1) is 20.3. The van der Waals surface area contributed by atoms with Crippen molar-refractivity contribution in [1.29, 1.82) is 0 Å². The summed E-state index contributed by atoms with van der Waals surface area (Å²) < 4.78 is 17.0. The van der Waals surface area contributed by atoms with Crippen molar-refractivity contribution in [3.8, 4) is 16.9 Å². The molecular weight excluding hydrogens is 530 g/mol. The maximum atomic E-state index is 13.3. The molecule has 1 aliphatic carbocycles. The summed E-state index contributed by atoms with van der Waals surface area (Å²) in [6.45, 7) is 10.6. The molecule has 4 atom stereocenters. The average molecular weight is 570 g/mol. The number of aromatic nitrogens is 1. The van der Waals surface area contributed by atoms with E-state index in [0.29, 0.717) is 13.2 Å². The number of rotatable bonds is 9. The van der Waals surface area contributed by atoms with E-state index in [-0.39, 0.29) is 36.0 Å². The Balaban J connectivity index is 1.35. The molecule has 2 saturated heterocycles. The molecule has 8 nitrogen and oxygen atoms in total. The van der Waals surface area contributed by atoms with Gasteiger partial charge in [-0.05, 0) is 81.8 Å². The van der Waals surface area contributed by atoms with E-state index in [9.17, 15) is 9.59 Å². The summed E-state index contributed by atoms with van der Waals surface area (Å²) in [5, 5.41) is 0. The summed E-state index contributed by atoms with van der Waals surface area (Å²) in [7, 11) is 1.66. The molecule has 3 aromatic rings. The number of hydrogen-bond donors (Lipinski definition) is 0. The summed E-state index contributed by atoms with van der Waals surface area (Å²) in [5.41, 5.74) is 6.96. The van der Waals surface area contributed by atoms with E-state index in [1.807, 2.05) is 32.0 Å². The number of cyclic esters (lactones) is 1. The fraction of sp³-hybridized carbons (Fsp3) is 0.441. The largest absolute Gasteiger partial charge is 0.496 e. The molecule has 1 aromatic heterocycles. The van der Waals surface area contributed by atoms with Gasteiger partial charge >= 0.3 is 12.1 Å². The molecule has 3 heterocycles. The standard InChI is InChI=1S/C34H39N3O5/c1-6-41-33(38)28-18-26(28)23-8-10-30(40-5)27(17-23)25-9-11-31(36-12-7-13-36)35-29(25)19-37-22(4)32(42-34(37)39)24-15-20(2)14-21(3)16-24/h8-11,14-17,22,26,28,32H,6-7,12-13,18-19H2,1-5H3/t22-,26-,28+,32-/m0/s1. The van der Waals surface area contributed by atoms with Gasteiger partial charge in [0, 0.05) is 24.2 Å². The molecule has 0 unspecified atom stereocenters. The number of benzene rings is 2. The lowest BCUT2D eigenvalue weighted by Crippen LogP contribution is -2.38. The van der Waals surface area contributed by atoms with Gasteiger partial charge < -0.3 is 19.1 Å². The first kappa shape index (κ1) is 28.1. The Labute approximate surface area is 247 Å². The van der Waals surface area contributed by atoms with Gasteiger partial charge in [0.1, 0.15) is 17.7 Å². The Morgan fingerprint density at radius 3 is 2.45 bits per heavy atom. The quantitative estimate of drug-likeness (QED) is 0.279. The predicted octanol–water partition coefficient (Wildman–Crippen LogP) is 6.33. The molecule has 42 heavy (non-hydrogen) atoms.